The largest absolute Gasteiger partial charge is 0.495 e. The Bertz CT molecular complexity index is 662. The van der Waals surface area contributed by atoms with Gasteiger partial charge in [0.25, 0.3) is 5.91 Å². The first-order chi connectivity index (χ1) is 9.52. The van der Waals surface area contributed by atoms with Crippen LogP contribution in [0.3, 0.4) is 0 Å². The molecule has 3 N–H and O–H groups in total. The van der Waals surface area contributed by atoms with Crippen LogP contribution in [0, 0.1) is 0 Å². The molecule has 0 fully saturated rings. The number of hydrogen-bond donors (Lipinski definition) is 2. The van der Waals surface area contributed by atoms with E-state index in [1.165, 1.54) is 7.11 Å². The molecule has 1 amide bonds. The molecule has 0 spiro atoms. The Labute approximate surface area is 130 Å². The molecule has 0 saturated heterocycles. The Kier molecular flexibility index (Phi) is 4.52. The highest BCUT2D eigenvalue weighted by molar-refractivity contribution is 9.10. The number of halogens is 2. The molecule has 0 radical (unpaired) electrons. The fourth-order valence-corrected chi connectivity index (χ4v) is 2.27. The number of nitrogens with two attached hydrogens (primary N) is 1. The van der Waals surface area contributed by atoms with Crippen LogP contribution in [0.2, 0.25) is 5.02 Å². The van der Waals surface area contributed by atoms with Crippen molar-refractivity contribution in [1.82, 2.24) is 0 Å². The zero-order valence-corrected chi connectivity index (χ0v) is 13.0. The van der Waals surface area contributed by atoms with E-state index in [4.69, 9.17) is 22.1 Å². The quantitative estimate of drug-likeness (QED) is 0.820. The van der Waals surface area contributed by atoms with Crippen LogP contribution >= 0.6 is 27.5 Å². The molecule has 2 rings (SSSR count). The predicted molar refractivity (Wildman–Crippen MR) is 84.5 cm³/mol. The normalized spacial score (nSPS) is 10.2. The van der Waals surface area contributed by atoms with Gasteiger partial charge in [-0.25, -0.2) is 0 Å². The Balaban J connectivity index is 2.32. The molecule has 4 nitrogen and oxygen atoms in total. The summed E-state index contributed by atoms with van der Waals surface area (Å²) in [5.41, 5.74) is 7.10. The van der Waals surface area contributed by atoms with Gasteiger partial charge in [0.15, 0.2) is 0 Å². The number of methoxy groups -OCH3 is 1. The lowest BCUT2D eigenvalue weighted by Crippen LogP contribution is -2.13. The van der Waals surface area contributed by atoms with E-state index in [1.54, 1.807) is 36.4 Å². The molecule has 0 aliphatic carbocycles. The van der Waals surface area contributed by atoms with Crippen molar-refractivity contribution in [2.45, 2.75) is 0 Å². The molecule has 0 aromatic heterocycles. The molecule has 0 atom stereocenters. The number of ether oxygens (including phenoxy) is 1. The maximum absolute atomic E-state index is 12.3. The van der Waals surface area contributed by atoms with Crippen molar-refractivity contribution in [3.63, 3.8) is 0 Å². The van der Waals surface area contributed by atoms with Crippen LogP contribution in [0.5, 0.6) is 5.75 Å². The van der Waals surface area contributed by atoms with E-state index in [-0.39, 0.29) is 5.91 Å². The van der Waals surface area contributed by atoms with Crippen LogP contribution in [0.4, 0.5) is 11.4 Å². The molecular formula is C14H12BrClN2O2. The van der Waals surface area contributed by atoms with Gasteiger partial charge < -0.3 is 15.8 Å². The van der Waals surface area contributed by atoms with E-state index in [0.717, 1.165) is 0 Å². The van der Waals surface area contributed by atoms with E-state index >= 15 is 0 Å². The highest BCUT2D eigenvalue weighted by Gasteiger charge is 2.14. The van der Waals surface area contributed by atoms with Crippen LogP contribution in [0.1, 0.15) is 10.4 Å². The lowest BCUT2D eigenvalue weighted by molar-refractivity contribution is 0.102. The molecule has 20 heavy (non-hydrogen) atoms. The number of carbonyl (C=O) groups excluding carboxylic acids is 1. The molecule has 0 heterocycles. The van der Waals surface area contributed by atoms with Gasteiger partial charge in [-0.1, -0.05) is 17.7 Å². The molecule has 0 aliphatic rings. The van der Waals surface area contributed by atoms with E-state index in [0.29, 0.717) is 32.2 Å². The first kappa shape index (κ1) is 14.7. The first-order valence-electron chi connectivity index (χ1n) is 5.72. The summed E-state index contributed by atoms with van der Waals surface area (Å²) in [5, 5.41) is 3.09. The van der Waals surface area contributed by atoms with Gasteiger partial charge in [-0.2, -0.15) is 0 Å². The topological polar surface area (TPSA) is 64.3 Å². The smallest absolute Gasteiger partial charge is 0.257 e. The fourth-order valence-electron chi connectivity index (χ4n) is 1.69. The summed E-state index contributed by atoms with van der Waals surface area (Å²) < 4.78 is 5.84. The third kappa shape index (κ3) is 3.05. The first-order valence-corrected chi connectivity index (χ1v) is 6.89. The van der Waals surface area contributed by atoms with Crippen LogP contribution in [-0.2, 0) is 0 Å². The van der Waals surface area contributed by atoms with Gasteiger partial charge in [0, 0.05) is 10.2 Å². The summed E-state index contributed by atoms with van der Waals surface area (Å²) >= 11 is 9.38. The second-order valence-corrected chi connectivity index (χ2v) is 5.25. The molecule has 0 saturated carbocycles. The van der Waals surface area contributed by atoms with Gasteiger partial charge in [0.2, 0.25) is 0 Å². The summed E-state index contributed by atoms with van der Waals surface area (Å²) in [6.07, 6.45) is 0. The number of hydrogen-bond acceptors (Lipinski definition) is 3. The van der Waals surface area contributed by atoms with Crippen LogP contribution < -0.4 is 15.8 Å². The van der Waals surface area contributed by atoms with Crippen LogP contribution in [0.25, 0.3) is 0 Å². The second kappa shape index (κ2) is 6.15. The zero-order valence-electron chi connectivity index (χ0n) is 10.6. The van der Waals surface area contributed by atoms with Crippen molar-refractivity contribution in [2.75, 3.05) is 18.2 Å². The SMILES string of the molecule is COc1ccc(N)cc1NC(=O)c1cccc(Br)c1Cl. The lowest BCUT2D eigenvalue weighted by atomic mass is 10.2. The summed E-state index contributed by atoms with van der Waals surface area (Å²) in [6.45, 7) is 0. The third-order valence-electron chi connectivity index (χ3n) is 2.67. The van der Waals surface area contributed by atoms with Gasteiger partial charge in [-0.15, -0.1) is 0 Å². The second-order valence-electron chi connectivity index (χ2n) is 4.02. The minimum absolute atomic E-state index is 0.333. The van der Waals surface area contributed by atoms with E-state index < -0.39 is 0 Å². The maximum atomic E-state index is 12.3. The van der Waals surface area contributed by atoms with Crippen molar-refractivity contribution in [3.8, 4) is 5.75 Å². The van der Waals surface area contributed by atoms with Gasteiger partial charge in [-0.3, -0.25) is 4.79 Å². The standard InChI is InChI=1S/C14H12BrClN2O2/c1-20-12-6-5-8(17)7-11(12)18-14(19)9-3-2-4-10(15)13(9)16/h2-7H,17H2,1H3,(H,18,19). The van der Waals surface area contributed by atoms with Gasteiger partial charge in [0.05, 0.1) is 23.4 Å². The fraction of sp³-hybridized carbons (Fsp3) is 0.0714. The van der Waals surface area contributed by atoms with Gasteiger partial charge in [0.1, 0.15) is 5.75 Å². The average molecular weight is 356 g/mol. The molecule has 0 aliphatic heterocycles. The van der Waals surface area contributed by atoms with E-state index in [1.807, 2.05) is 0 Å². The Morgan fingerprint density at radius 3 is 2.80 bits per heavy atom. The maximum Gasteiger partial charge on any atom is 0.257 e. The molecule has 2 aromatic carbocycles. The Morgan fingerprint density at radius 1 is 1.35 bits per heavy atom. The van der Waals surface area contributed by atoms with Crippen molar-refractivity contribution in [2.24, 2.45) is 0 Å². The molecule has 0 bridgehead atoms. The van der Waals surface area contributed by atoms with Crippen molar-refractivity contribution >= 4 is 44.8 Å². The average Bonchev–Trinajstić information content (AvgIpc) is 2.42. The Morgan fingerprint density at radius 2 is 2.10 bits per heavy atom. The summed E-state index contributed by atoms with van der Waals surface area (Å²) in [5.74, 6) is 0.193. The van der Waals surface area contributed by atoms with Gasteiger partial charge in [-0.05, 0) is 46.3 Å². The van der Waals surface area contributed by atoms with Crippen LogP contribution in [0.15, 0.2) is 40.9 Å². The van der Waals surface area contributed by atoms with Gasteiger partial charge >= 0.3 is 0 Å². The van der Waals surface area contributed by atoms with Crippen molar-refractivity contribution in [3.05, 3.63) is 51.5 Å². The number of benzene rings is 2. The number of anilines is 2. The van der Waals surface area contributed by atoms with Crippen molar-refractivity contribution < 1.29 is 9.53 Å². The highest BCUT2D eigenvalue weighted by atomic mass is 79.9. The molecular weight excluding hydrogens is 344 g/mol. The number of nitrogen functional groups attached to an aromatic ring is 1. The van der Waals surface area contributed by atoms with E-state index in [9.17, 15) is 4.79 Å². The summed E-state index contributed by atoms with van der Waals surface area (Å²) in [4.78, 5) is 12.3. The number of carbonyl (C=O) groups is 1. The minimum atomic E-state index is -0.333. The minimum Gasteiger partial charge on any atom is -0.495 e. The molecule has 6 heteroatoms. The third-order valence-corrected chi connectivity index (χ3v) is 3.96. The monoisotopic (exact) mass is 354 g/mol. The predicted octanol–water partition coefficient (Wildman–Crippen LogP) is 3.95. The van der Waals surface area contributed by atoms with Crippen molar-refractivity contribution in [1.29, 1.82) is 0 Å². The zero-order chi connectivity index (χ0) is 14.7. The molecule has 2 aromatic rings. The highest BCUT2D eigenvalue weighted by Crippen LogP contribution is 2.30. The summed E-state index contributed by atoms with van der Waals surface area (Å²) in [6, 6.07) is 10.2. The number of amides is 1. The van der Waals surface area contributed by atoms with E-state index in [2.05, 4.69) is 21.2 Å². The Hall–Kier alpha value is -1.72. The summed E-state index contributed by atoms with van der Waals surface area (Å²) in [7, 11) is 1.52. The number of rotatable bonds is 3. The molecule has 0 unspecified atom stereocenters. The number of nitrogens with one attached hydrogen (secondary N) is 1. The lowest BCUT2D eigenvalue weighted by Gasteiger charge is -2.12. The molecule has 104 valence electrons. The van der Waals surface area contributed by atoms with Crippen LogP contribution in [-0.4, -0.2) is 13.0 Å².